The van der Waals surface area contributed by atoms with E-state index >= 15 is 0 Å². The Bertz CT molecular complexity index is 403. The van der Waals surface area contributed by atoms with Gasteiger partial charge in [-0.15, -0.1) is 0 Å². The summed E-state index contributed by atoms with van der Waals surface area (Å²) in [6.07, 6.45) is 0. The van der Waals surface area contributed by atoms with Crippen LogP contribution in [0.5, 0.6) is 0 Å². The van der Waals surface area contributed by atoms with Gasteiger partial charge in [-0.25, -0.2) is 4.98 Å². The summed E-state index contributed by atoms with van der Waals surface area (Å²) in [5.74, 6) is 0.469. The lowest BCUT2D eigenvalue weighted by atomic mass is 10.1. The van der Waals surface area contributed by atoms with Crippen molar-refractivity contribution in [3.05, 3.63) is 36.0 Å². The molecule has 1 aromatic carbocycles. The quantitative estimate of drug-likeness (QED) is 0.692. The summed E-state index contributed by atoms with van der Waals surface area (Å²) >= 11 is 0. The van der Waals surface area contributed by atoms with Gasteiger partial charge in [0.25, 0.3) is 0 Å². The van der Waals surface area contributed by atoms with E-state index in [0.717, 1.165) is 17.0 Å². The van der Waals surface area contributed by atoms with Crippen LogP contribution in [0.25, 0.3) is 11.3 Å². The number of nitrogens with zero attached hydrogens (tertiary/aromatic N) is 1. The second-order valence-corrected chi connectivity index (χ2v) is 2.95. The van der Waals surface area contributed by atoms with Gasteiger partial charge in [-0.1, -0.05) is 30.3 Å². The van der Waals surface area contributed by atoms with Gasteiger partial charge < -0.3 is 10.7 Å². The average Bonchev–Trinajstić information content (AvgIpc) is 2.47. The van der Waals surface area contributed by atoms with E-state index in [9.17, 15) is 0 Å². The highest BCUT2D eigenvalue weighted by Gasteiger charge is 2.04. The van der Waals surface area contributed by atoms with Crippen molar-refractivity contribution >= 4 is 5.95 Å². The van der Waals surface area contributed by atoms with Crippen molar-refractivity contribution in [2.24, 2.45) is 0 Å². The van der Waals surface area contributed by atoms with Crippen LogP contribution < -0.4 is 5.73 Å². The zero-order valence-electron chi connectivity index (χ0n) is 7.41. The van der Waals surface area contributed by atoms with Gasteiger partial charge in [0.05, 0.1) is 11.4 Å². The first-order valence-corrected chi connectivity index (χ1v) is 4.15. The van der Waals surface area contributed by atoms with E-state index in [0.29, 0.717) is 5.95 Å². The Kier molecular flexibility index (Phi) is 1.77. The van der Waals surface area contributed by atoms with Crippen molar-refractivity contribution in [2.75, 3.05) is 5.73 Å². The molecule has 1 heterocycles. The molecular weight excluding hydrogens is 162 g/mol. The van der Waals surface area contributed by atoms with E-state index in [2.05, 4.69) is 9.97 Å². The third-order valence-corrected chi connectivity index (χ3v) is 1.97. The van der Waals surface area contributed by atoms with Crippen LogP contribution in [-0.4, -0.2) is 9.97 Å². The normalized spacial score (nSPS) is 10.2. The van der Waals surface area contributed by atoms with Crippen molar-refractivity contribution in [1.82, 2.24) is 9.97 Å². The molecule has 0 spiro atoms. The van der Waals surface area contributed by atoms with Crippen LogP contribution in [0, 0.1) is 6.92 Å². The molecular formula is C10H11N3. The van der Waals surface area contributed by atoms with E-state index in [4.69, 9.17) is 5.73 Å². The highest BCUT2D eigenvalue weighted by molar-refractivity contribution is 5.63. The fourth-order valence-corrected chi connectivity index (χ4v) is 1.37. The van der Waals surface area contributed by atoms with E-state index in [-0.39, 0.29) is 0 Å². The smallest absolute Gasteiger partial charge is 0.198 e. The molecule has 0 aliphatic heterocycles. The van der Waals surface area contributed by atoms with E-state index in [1.165, 1.54) is 0 Å². The topological polar surface area (TPSA) is 54.7 Å². The van der Waals surface area contributed by atoms with Gasteiger partial charge in [0.15, 0.2) is 5.95 Å². The summed E-state index contributed by atoms with van der Waals surface area (Å²) in [5.41, 5.74) is 8.60. The number of benzene rings is 1. The summed E-state index contributed by atoms with van der Waals surface area (Å²) in [6.45, 7) is 1.94. The van der Waals surface area contributed by atoms with Crippen molar-refractivity contribution in [3.8, 4) is 11.3 Å². The zero-order chi connectivity index (χ0) is 9.26. The summed E-state index contributed by atoms with van der Waals surface area (Å²) < 4.78 is 0. The molecule has 0 saturated carbocycles. The highest BCUT2D eigenvalue weighted by atomic mass is 15.0. The van der Waals surface area contributed by atoms with Crippen LogP contribution in [-0.2, 0) is 0 Å². The Hall–Kier alpha value is -1.77. The second kappa shape index (κ2) is 2.94. The van der Waals surface area contributed by atoms with E-state index in [1.807, 2.05) is 37.3 Å². The predicted octanol–water partition coefficient (Wildman–Crippen LogP) is 1.97. The fraction of sp³-hybridized carbons (Fsp3) is 0.100. The number of anilines is 1. The minimum atomic E-state index is 0.469. The number of rotatable bonds is 1. The van der Waals surface area contributed by atoms with Gasteiger partial charge in [-0.05, 0) is 12.5 Å². The first kappa shape index (κ1) is 7.86. The Labute approximate surface area is 76.6 Å². The number of aryl methyl sites for hydroxylation is 1. The van der Waals surface area contributed by atoms with Gasteiger partial charge >= 0.3 is 0 Å². The summed E-state index contributed by atoms with van der Waals surface area (Å²) in [6, 6.07) is 10.0. The first-order chi connectivity index (χ1) is 6.27. The SMILES string of the molecule is Cc1nc(N)[nH]c1-c1ccccc1. The highest BCUT2D eigenvalue weighted by Crippen LogP contribution is 2.20. The van der Waals surface area contributed by atoms with Crippen LogP contribution in [0.1, 0.15) is 5.69 Å². The van der Waals surface area contributed by atoms with Crippen molar-refractivity contribution in [3.63, 3.8) is 0 Å². The van der Waals surface area contributed by atoms with Gasteiger partial charge in [0.2, 0.25) is 0 Å². The number of imidazole rings is 1. The van der Waals surface area contributed by atoms with Crippen LogP contribution in [0.2, 0.25) is 0 Å². The number of H-pyrrole nitrogens is 1. The second-order valence-electron chi connectivity index (χ2n) is 2.95. The molecule has 2 rings (SSSR count). The predicted molar refractivity (Wildman–Crippen MR) is 53.2 cm³/mol. The number of nitrogens with two attached hydrogens (primary N) is 1. The molecule has 3 N–H and O–H groups in total. The van der Waals surface area contributed by atoms with Crippen LogP contribution in [0.3, 0.4) is 0 Å². The lowest BCUT2D eigenvalue weighted by molar-refractivity contribution is 1.26. The molecule has 13 heavy (non-hydrogen) atoms. The van der Waals surface area contributed by atoms with E-state index < -0.39 is 0 Å². The van der Waals surface area contributed by atoms with Gasteiger partial charge in [0.1, 0.15) is 0 Å². The number of aromatic amines is 1. The lowest BCUT2D eigenvalue weighted by Crippen LogP contribution is -1.85. The number of hydrogen-bond acceptors (Lipinski definition) is 2. The zero-order valence-corrected chi connectivity index (χ0v) is 7.41. The molecule has 0 radical (unpaired) electrons. The third-order valence-electron chi connectivity index (χ3n) is 1.97. The van der Waals surface area contributed by atoms with Crippen LogP contribution in [0.4, 0.5) is 5.95 Å². The maximum absolute atomic E-state index is 5.55. The van der Waals surface area contributed by atoms with Crippen LogP contribution >= 0.6 is 0 Å². The summed E-state index contributed by atoms with van der Waals surface area (Å²) in [4.78, 5) is 7.14. The molecule has 3 nitrogen and oxygen atoms in total. The minimum absolute atomic E-state index is 0.469. The average molecular weight is 173 g/mol. The maximum Gasteiger partial charge on any atom is 0.198 e. The number of nitrogens with one attached hydrogen (secondary N) is 1. The van der Waals surface area contributed by atoms with Gasteiger partial charge in [0, 0.05) is 0 Å². The Morgan fingerprint density at radius 2 is 1.92 bits per heavy atom. The summed E-state index contributed by atoms with van der Waals surface area (Å²) in [5, 5.41) is 0. The molecule has 0 atom stereocenters. The van der Waals surface area contributed by atoms with Crippen molar-refractivity contribution in [1.29, 1.82) is 0 Å². The maximum atomic E-state index is 5.55. The third kappa shape index (κ3) is 1.40. The minimum Gasteiger partial charge on any atom is -0.369 e. The van der Waals surface area contributed by atoms with E-state index in [1.54, 1.807) is 0 Å². The summed E-state index contributed by atoms with van der Waals surface area (Å²) in [7, 11) is 0. The molecule has 0 bridgehead atoms. The monoisotopic (exact) mass is 173 g/mol. The van der Waals surface area contributed by atoms with Crippen molar-refractivity contribution in [2.45, 2.75) is 6.92 Å². The largest absolute Gasteiger partial charge is 0.369 e. The van der Waals surface area contributed by atoms with Crippen LogP contribution in [0.15, 0.2) is 30.3 Å². The first-order valence-electron chi connectivity index (χ1n) is 4.15. The van der Waals surface area contributed by atoms with Gasteiger partial charge in [-0.2, -0.15) is 0 Å². The number of nitrogen functional groups attached to an aromatic ring is 1. The molecule has 0 amide bonds. The van der Waals surface area contributed by atoms with Gasteiger partial charge in [-0.3, -0.25) is 0 Å². The molecule has 0 saturated heterocycles. The molecule has 2 aromatic rings. The molecule has 66 valence electrons. The lowest BCUT2D eigenvalue weighted by Gasteiger charge is -1.96. The molecule has 0 unspecified atom stereocenters. The number of hydrogen-bond donors (Lipinski definition) is 2. The molecule has 3 heteroatoms. The Morgan fingerprint density at radius 1 is 1.23 bits per heavy atom. The standard InChI is InChI=1S/C10H11N3/c1-7-9(13-10(11)12-7)8-5-3-2-4-6-8/h2-6H,1H3,(H3,11,12,13). The number of aromatic nitrogens is 2. The molecule has 0 aliphatic carbocycles. The van der Waals surface area contributed by atoms with Crippen molar-refractivity contribution < 1.29 is 0 Å². The molecule has 0 aliphatic rings. The molecule has 0 fully saturated rings. The Balaban J connectivity index is 2.53. The molecule has 1 aromatic heterocycles. The fourth-order valence-electron chi connectivity index (χ4n) is 1.37. The Morgan fingerprint density at radius 3 is 2.46 bits per heavy atom.